The highest BCUT2D eigenvalue weighted by atomic mass is 16.5. The van der Waals surface area contributed by atoms with Crippen molar-refractivity contribution in [3.63, 3.8) is 0 Å². The number of benzene rings is 3. The number of aryl methyl sites for hydroxylation is 1. The van der Waals surface area contributed by atoms with Crippen LogP contribution in [0.2, 0.25) is 0 Å². The molecule has 0 saturated heterocycles. The molecule has 9 heteroatoms. The third kappa shape index (κ3) is 5.47. The van der Waals surface area contributed by atoms with Gasteiger partial charge in [0.05, 0.1) is 43.6 Å². The number of rotatable bonds is 8. The van der Waals surface area contributed by atoms with Crippen LogP contribution in [-0.2, 0) is 27.4 Å². The fraction of sp³-hybridized carbons (Fsp3) is 0.267. The molecule has 2 aliphatic heterocycles. The van der Waals surface area contributed by atoms with Gasteiger partial charge in [-0.05, 0) is 36.2 Å². The summed E-state index contributed by atoms with van der Waals surface area (Å²) in [5, 5.41) is 2.80. The topological polar surface area (TPSA) is 107 Å². The molecule has 5 rings (SSSR count). The van der Waals surface area contributed by atoms with Gasteiger partial charge in [0.1, 0.15) is 6.61 Å². The molecule has 0 spiro atoms. The van der Waals surface area contributed by atoms with E-state index in [4.69, 9.17) is 9.47 Å². The Hall–Kier alpha value is -4.66. The molecule has 0 saturated carbocycles. The zero-order chi connectivity index (χ0) is 27.5. The molecule has 3 aromatic rings. The maximum Gasteiger partial charge on any atom is 0.306 e. The van der Waals surface area contributed by atoms with Crippen LogP contribution in [0.15, 0.2) is 59.6 Å². The zero-order valence-corrected chi connectivity index (χ0v) is 22.0. The van der Waals surface area contributed by atoms with E-state index in [1.165, 1.54) is 14.2 Å². The second kappa shape index (κ2) is 11.0. The Bertz CT molecular complexity index is 1480. The van der Waals surface area contributed by atoms with E-state index >= 15 is 0 Å². The van der Waals surface area contributed by atoms with Gasteiger partial charge in [-0.2, -0.15) is 0 Å². The first-order chi connectivity index (χ1) is 18.9. The van der Waals surface area contributed by atoms with E-state index in [0.29, 0.717) is 47.2 Å². The molecule has 1 N–H and O–H groups in total. The van der Waals surface area contributed by atoms with Crippen LogP contribution in [0.25, 0.3) is 0 Å². The number of ether oxygens (including phenoxy) is 3. The number of amides is 2. The molecule has 0 aromatic heterocycles. The summed E-state index contributed by atoms with van der Waals surface area (Å²) in [6.45, 7) is 2.38. The number of hydrogen-bond donors (Lipinski definition) is 1. The fourth-order valence-corrected chi connectivity index (χ4v) is 4.81. The highest BCUT2D eigenvalue weighted by Crippen LogP contribution is 2.41. The van der Waals surface area contributed by atoms with E-state index in [1.807, 2.05) is 31.2 Å². The van der Waals surface area contributed by atoms with Crippen LogP contribution in [0, 0.1) is 6.92 Å². The maximum absolute atomic E-state index is 13.8. The third-order valence-electron chi connectivity index (χ3n) is 6.77. The lowest BCUT2D eigenvalue weighted by atomic mass is 10.1. The van der Waals surface area contributed by atoms with E-state index in [1.54, 1.807) is 35.4 Å². The monoisotopic (exact) mass is 527 g/mol. The van der Waals surface area contributed by atoms with Gasteiger partial charge >= 0.3 is 5.97 Å². The maximum atomic E-state index is 13.8. The molecule has 9 nitrogen and oxygen atoms in total. The number of hydrogen-bond acceptors (Lipinski definition) is 7. The van der Waals surface area contributed by atoms with Crippen molar-refractivity contribution in [3.8, 4) is 11.5 Å². The SMILES string of the molecule is COC(=O)CCC(=O)Nc1ccc2c(c1)N1C(=O)c3cc(OC)c(OCc4cccc(C)c4)cc3N=CC1C2. The number of methoxy groups -OCH3 is 2. The minimum absolute atomic E-state index is 0.00311. The number of fused-ring (bicyclic) bond motifs is 4. The molecule has 0 aliphatic carbocycles. The second-order valence-electron chi connectivity index (χ2n) is 9.49. The van der Waals surface area contributed by atoms with Crippen LogP contribution in [0.1, 0.15) is 39.9 Å². The molecule has 3 aromatic carbocycles. The minimum atomic E-state index is -0.450. The van der Waals surface area contributed by atoms with Crippen LogP contribution in [0.5, 0.6) is 11.5 Å². The first-order valence-electron chi connectivity index (χ1n) is 12.6. The summed E-state index contributed by atoms with van der Waals surface area (Å²) in [6.07, 6.45) is 2.37. The van der Waals surface area contributed by atoms with Crippen LogP contribution >= 0.6 is 0 Å². The average molecular weight is 528 g/mol. The van der Waals surface area contributed by atoms with Gasteiger partial charge < -0.3 is 19.5 Å². The van der Waals surface area contributed by atoms with Crippen LogP contribution in [0.4, 0.5) is 17.1 Å². The number of anilines is 2. The Morgan fingerprint density at radius 1 is 1.05 bits per heavy atom. The molecule has 39 heavy (non-hydrogen) atoms. The van der Waals surface area contributed by atoms with Crippen molar-refractivity contribution in [2.24, 2.45) is 4.99 Å². The number of aliphatic imine (C=N–C) groups is 1. The van der Waals surface area contributed by atoms with Gasteiger partial charge in [-0.25, -0.2) is 0 Å². The Morgan fingerprint density at radius 3 is 2.67 bits per heavy atom. The standard InChI is InChI=1S/C30H29N3O6/c1-18-5-4-6-19(11-18)17-39-27-15-24-23(14-26(27)37-2)30(36)33-22(16-31-24)12-20-7-8-21(13-25(20)33)32-28(34)9-10-29(35)38-3/h4-8,11,13-16,22H,9-10,12,17H2,1-3H3,(H,32,34). The molecule has 2 amide bonds. The van der Waals surface area contributed by atoms with Crippen molar-refractivity contribution in [3.05, 3.63) is 76.9 Å². The molecule has 2 aliphatic rings. The van der Waals surface area contributed by atoms with E-state index in [0.717, 1.165) is 16.7 Å². The van der Waals surface area contributed by atoms with E-state index in [2.05, 4.69) is 21.1 Å². The fourth-order valence-electron chi connectivity index (χ4n) is 4.81. The Balaban J connectivity index is 1.38. The lowest BCUT2D eigenvalue weighted by Gasteiger charge is -2.22. The summed E-state index contributed by atoms with van der Waals surface area (Å²) >= 11 is 0. The number of esters is 1. The molecule has 1 atom stereocenters. The normalized spacial score (nSPS) is 15.1. The molecule has 1 unspecified atom stereocenters. The predicted octanol–water partition coefficient (Wildman–Crippen LogP) is 4.76. The van der Waals surface area contributed by atoms with Crippen molar-refractivity contribution in [2.45, 2.75) is 38.8 Å². The molecule has 200 valence electrons. The first-order valence-corrected chi connectivity index (χ1v) is 12.6. The number of nitrogens with zero attached hydrogens (tertiary/aromatic N) is 2. The molecular formula is C30H29N3O6. The lowest BCUT2D eigenvalue weighted by Crippen LogP contribution is -2.37. The number of carbonyl (C=O) groups is 3. The highest BCUT2D eigenvalue weighted by molar-refractivity contribution is 6.15. The summed E-state index contributed by atoms with van der Waals surface area (Å²) < 4.78 is 16.2. The van der Waals surface area contributed by atoms with Gasteiger partial charge in [-0.15, -0.1) is 0 Å². The van der Waals surface area contributed by atoms with Crippen LogP contribution < -0.4 is 19.7 Å². The molecule has 0 bridgehead atoms. The Kier molecular flexibility index (Phi) is 7.31. The predicted molar refractivity (Wildman–Crippen MR) is 147 cm³/mol. The van der Waals surface area contributed by atoms with Crippen LogP contribution in [0.3, 0.4) is 0 Å². The summed E-state index contributed by atoms with van der Waals surface area (Å²) in [6, 6.07) is 16.6. The van der Waals surface area contributed by atoms with Gasteiger partial charge in [0.15, 0.2) is 11.5 Å². The van der Waals surface area contributed by atoms with Gasteiger partial charge in [0.25, 0.3) is 5.91 Å². The summed E-state index contributed by atoms with van der Waals surface area (Å²) in [7, 11) is 2.82. The summed E-state index contributed by atoms with van der Waals surface area (Å²) in [5.41, 5.74) is 5.28. The Morgan fingerprint density at radius 2 is 1.90 bits per heavy atom. The molecule has 0 radical (unpaired) electrons. The molecular weight excluding hydrogens is 498 g/mol. The quantitative estimate of drug-likeness (QED) is 0.424. The van der Waals surface area contributed by atoms with Crippen molar-refractivity contribution in [1.82, 2.24) is 0 Å². The number of nitrogens with one attached hydrogen (secondary N) is 1. The van der Waals surface area contributed by atoms with Crippen LogP contribution in [-0.4, -0.2) is 44.3 Å². The van der Waals surface area contributed by atoms with E-state index in [-0.39, 0.29) is 30.7 Å². The molecule has 2 heterocycles. The lowest BCUT2D eigenvalue weighted by molar-refractivity contribution is -0.141. The summed E-state index contributed by atoms with van der Waals surface area (Å²) in [5.74, 6) is -0.0401. The average Bonchev–Trinajstić information content (AvgIpc) is 3.24. The van der Waals surface area contributed by atoms with Crippen molar-refractivity contribution < 1.29 is 28.6 Å². The van der Waals surface area contributed by atoms with Gasteiger partial charge in [0.2, 0.25) is 5.91 Å². The van der Waals surface area contributed by atoms with Crippen molar-refractivity contribution >= 4 is 41.1 Å². The minimum Gasteiger partial charge on any atom is -0.493 e. The largest absolute Gasteiger partial charge is 0.493 e. The zero-order valence-electron chi connectivity index (χ0n) is 22.0. The van der Waals surface area contributed by atoms with Gasteiger partial charge in [-0.1, -0.05) is 35.9 Å². The molecule has 0 fully saturated rings. The van der Waals surface area contributed by atoms with E-state index in [9.17, 15) is 14.4 Å². The summed E-state index contributed by atoms with van der Waals surface area (Å²) in [4.78, 5) is 43.8. The van der Waals surface area contributed by atoms with Crippen molar-refractivity contribution in [1.29, 1.82) is 0 Å². The second-order valence-corrected chi connectivity index (χ2v) is 9.49. The van der Waals surface area contributed by atoms with E-state index < -0.39 is 5.97 Å². The third-order valence-corrected chi connectivity index (χ3v) is 6.77. The van der Waals surface area contributed by atoms with Gasteiger partial charge in [0, 0.05) is 30.8 Å². The number of carbonyl (C=O) groups excluding carboxylic acids is 3. The first kappa shape index (κ1) is 26.0. The smallest absolute Gasteiger partial charge is 0.306 e. The van der Waals surface area contributed by atoms with Gasteiger partial charge in [-0.3, -0.25) is 24.3 Å². The highest BCUT2D eigenvalue weighted by Gasteiger charge is 2.37. The van der Waals surface area contributed by atoms with Crippen molar-refractivity contribution in [2.75, 3.05) is 24.4 Å². The Labute approximate surface area is 226 Å².